The summed E-state index contributed by atoms with van der Waals surface area (Å²) in [6.07, 6.45) is 3.99. The van der Waals surface area contributed by atoms with Crippen LogP contribution >= 0.6 is 11.3 Å². The van der Waals surface area contributed by atoms with Gasteiger partial charge in [-0.2, -0.15) is 0 Å². The first-order chi connectivity index (χ1) is 12.7. The number of anilines is 2. The molecule has 0 aliphatic carbocycles. The first-order valence-corrected chi connectivity index (χ1v) is 9.54. The highest BCUT2D eigenvalue weighted by molar-refractivity contribution is 7.13. The van der Waals surface area contributed by atoms with E-state index in [4.69, 9.17) is 0 Å². The van der Waals surface area contributed by atoms with Gasteiger partial charge < -0.3 is 14.8 Å². The third-order valence-electron chi connectivity index (χ3n) is 4.48. The van der Waals surface area contributed by atoms with Gasteiger partial charge in [0, 0.05) is 37.6 Å². The van der Waals surface area contributed by atoms with Gasteiger partial charge in [0.25, 0.3) is 5.56 Å². The number of carbonyl (C=O) groups excluding carboxylic acids is 1. The van der Waals surface area contributed by atoms with E-state index in [1.165, 1.54) is 11.3 Å². The maximum absolute atomic E-state index is 13.0. The summed E-state index contributed by atoms with van der Waals surface area (Å²) in [6.45, 7) is 2.01. The molecular formula is C18H19N5O2S. The maximum Gasteiger partial charge on any atom is 0.294 e. The van der Waals surface area contributed by atoms with E-state index in [-0.39, 0.29) is 17.9 Å². The number of nitrogens with zero attached hydrogens (tertiary/aromatic N) is 4. The van der Waals surface area contributed by atoms with Crippen molar-refractivity contribution < 1.29 is 4.79 Å². The summed E-state index contributed by atoms with van der Waals surface area (Å²) in [4.78, 5) is 35.9. The van der Waals surface area contributed by atoms with Crippen LogP contribution in [0.2, 0.25) is 0 Å². The molecule has 0 unspecified atom stereocenters. The van der Waals surface area contributed by atoms with Crippen LogP contribution < -0.4 is 15.8 Å². The zero-order chi connectivity index (χ0) is 17.9. The Bertz CT molecular complexity index is 977. The van der Waals surface area contributed by atoms with Crippen molar-refractivity contribution in [2.24, 2.45) is 0 Å². The van der Waals surface area contributed by atoms with Crippen molar-refractivity contribution in [1.29, 1.82) is 0 Å². The third-order valence-corrected chi connectivity index (χ3v) is 5.17. The van der Waals surface area contributed by atoms with Crippen LogP contribution in [0.1, 0.15) is 19.3 Å². The summed E-state index contributed by atoms with van der Waals surface area (Å²) in [7, 11) is 0. The lowest BCUT2D eigenvalue weighted by Crippen LogP contribution is -2.32. The predicted molar refractivity (Wildman–Crippen MR) is 103 cm³/mol. The van der Waals surface area contributed by atoms with Crippen molar-refractivity contribution in [1.82, 2.24) is 14.5 Å². The molecule has 1 saturated heterocycles. The summed E-state index contributed by atoms with van der Waals surface area (Å²) in [5, 5.41) is 5.13. The van der Waals surface area contributed by atoms with E-state index >= 15 is 0 Å². The highest BCUT2D eigenvalue weighted by Gasteiger charge is 2.20. The Kier molecular flexibility index (Phi) is 4.66. The largest absolute Gasteiger partial charge is 0.352 e. The maximum atomic E-state index is 13.0. The number of hydrogen-bond acceptors (Lipinski definition) is 6. The molecule has 134 valence electrons. The molecule has 0 radical (unpaired) electrons. The molecular weight excluding hydrogens is 350 g/mol. The van der Waals surface area contributed by atoms with Crippen molar-refractivity contribution >= 4 is 39.2 Å². The molecule has 8 heteroatoms. The second-order valence-corrected chi connectivity index (χ2v) is 7.11. The van der Waals surface area contributed by atoms with E-state index in [1.807, 2.05) is 29.2 Å². The highest BCUT2D eigenvalue weighted by Crippen LogP contribution is 2.18. The first-order valence-electron chi connectivity index (χ1n) is 8.66. The standard InChI is InChI=1S/C18H19N5O2S/c24-15(21-18-19-8-12-26-18)7-11-23-14-6-2-1-5-13(14)20-16(17(23)25)22-9-3-4-10-22/h1-2,5-6,8,12H,3-4,7,9-11H2,(H,19,21,24). The lowest BCUT2D eigenvalue weighted by molar-refractivity contribution is -0.116. The van der Waals surface area contributed by atoms with Crippen LogP contribution in [0.15, 0.2) is 40.6 Å². The molecule has 3 aromatic rings. The number of fused-ring (bicyclic) bond motifs is 1. The van der Waals surface area contributed by atoms with E-state index in [0.29, 0.717) is 17.5 Å². The van der Waals surface area contributed by atoms with Gasteiger partial charge in [0.1, 0.15) is 0 Å². The molecule has 7 nitrogen and oxygen atoms in total. The molecule has 3 heterocycles. The summed E-state index contributed by atoms with van der Waals surface area (Å²) >= 11 is 1.37. The van der Waals surface area contributed by atoms with Crippen LogP contribution in [0.4, 0.5) is 10.9 Å². The number of rotatable bonds is 5. The molecule has 1 aliphatic rings. The molecule has 1 amide bonds. The number of aryl methyl sites for hydroxylation is 1. The van der Waals surface area contributed by atoms with Gasteiger partial charge >= 0.3 is 0 Å². The molecule has 1 aromatic carbocycles. The molecule has 0 atom stereocenters. The Balaban J connectivity index is 1.63. The summed E-state index contributed by atoms with van der Waals surface area (Å²) < 4.78 is 1.66. The molecule has 0 spiro atoms. The van der Waals surface area contributed by atoms with Gasteiger partial charge in [-0.3, -0.25) is 9.59 Å². The number of thiazole rings is 1. The number of benzene rings is 1. The Labute approximate surface area is 154 Å². The van der Waals surface area contributed by atoms with Crippen molar-refractivity contribution in [3.8, 4) is 0 Å². The minimum absolute atomic E-state index is 0.132. The lowest BCUT2D eigenvalue weighted by Gasteiger charge is -2.18. The molecule has 1 N–H and O–H groups in total. The molecule has 0 bridgehead atoms. The highest BCUT2D eigenvalue weighted by atomic mass is 32.1. The molecule has 26 heavy (non-hydrogen) atoms. The number of hydrogen-bond donors (Lipinski definition) is 1. The van der Waals surface area contributed by atoms with Crippen LogP contribution in [0.5, 0.6) is 0 Å². The Morgan fingerprint density at radius 2 is 2.04 bits per heavy atom. The van der Waals surface area contributed by atoms with Crippen LogP contribution in [0.3, 0.4) is 0 Å². The van der Waals surface area contributed by atoms with E-state index in [0.717, 1.165) is 37.0 Å². The monoisotopic (exact) mass is 369 g/mol. The minimum Gasteiger partial charge on any atom is -0.352 e. The molecule has 0 saturated carbocycles. The van der Waals surface area contributed by atoms with Crippen molar-refractivity contribution in [3.63, 3.8) is 0 Å². The second kappa shape index (κ2) is 7.25. The normalized spacial score (nSPS) is 14.1. The summed E-state index contributed by atoms with van der Waals surface area (Å²) in [5.41, 5.74) is 1.39. The van der Waals surface area contributed by atoms with E-state index in [2.05, 4.69) is 15.3 Å². The average molecular weight is 369 g/mol. The zero-order valence-corrected chi connectivity index (χ0v) is 15.0. The van der Waals surface area contributed by atoms with Gasteiger partial charge in [-0.25, -0.2) is 9.97 Å². The van der Waals surface area contributed by atoms with Gasteiger partial charge in [0.2, 0.25) is 5.91 Å². The predicted octanol–water partition coefficient (Wildman–Crippen LogP) is 2.48. The molecule has 2 aromatic heterocycles. The lowest BCUT2D eigenvalue weighted by atomic mass is 10.2. The Morgan fingerprint density at radius 3 is 2.81 bits per heavy atom. The first kappa shape index (κ1) is 16.7. The quantitative estimate of drug-likeness (QED) is 0.747. The van der Waals surface area contributed by atoms with Crippen molar-refractivity contribution in [2.75, 3.05) is 23.3 Å². The number of para-hydroxylation sites is 2. The van der Waals surface area contributed by atoms with Crippen LogP contribution in [0, 0.1) is 0 Å². The number of nitrogens with one attached hydrogen (secondary N) is 1. The molecule has 1 fully saturated rings. The number of amides is 1. The van der Waals surface area contributed by atoms with Crippen LogP contribution in [-0.4, -0.2) is 33.5 Å². The Hall–Kier alpha value is -2.74. The molecule has 4 rings (SSSR count). The van der Waals surface area contributed by atoms with Gasteiger partial charge in [-0.05, 0) is 25.0 Å². The fourth-order valence-electron chi connectivity index (χ4n) is 3.22. The Morgan fingerprint density at radius 1 is 1.23 bits per heavy atom. The second-order valence-electron chi connectivity index (χ2n) is 6.21. The number of carbonyl (C=O) groups is 1. The van der Waals surface area contributed by atoms with Crippen molar-refractivity contribution in [3.05, 3.63) is 46.2 Å². The minimum atomic E-state index is -0.157. The van der Waals surface area contributed by atoms with Crippen LogP contribution in [-0.2, 0) is 11.3 Å². The van der Waals surface area contributed by atoms with Gasteiger partial charge in [0.05, 0.1) is 11.0 Å². The fourth-order valence-corrected chi connectivity index (χ4v) is 3.76. The topological polar surface area (TPSA) is 80.1 Å². The SMILES string of the molecule is O=C(CCn1c(=O)c(N2CCCC2)nc2ccccc21)Nc1nccs1. The van der Waals surface area contributed by atoms with E-state index in [1.54, 1.807) is 16.1 Å². The van der Waals surface area contributed by atoms with Gasteiger partial charge in [0.15, 0.2) is 10.9 Å². The average Bonchev–Trinajstić information content (AvgIpc) is 3.34. The smallest absolute Gasteiger partial charge is 0.294 e. The third kappa shape index (κ3) is 3.32. The zero-order valence-electron chi connectivity index (χ0n) is 14.2. The van der Waals surface area contributed by atoms with E-state index < -0.39 is 0 Å². The van der Waals surface area contributed by atoms with Crippen molar-refractivity contribution in [2.45, 2.75) is 25.8 Å². The van der Waals surface area contributed by atoms with Crippen LogP contribution in [0.25, 0.3) is 11.0 Å². The molecule has 1 aliphatic heterocycles. The summed E-state index contributed by atoms with van der Waals surface area (Å²) in [6, 6.07) is 7.56. The van der Waals surface area contributed by atoms with E-state index in [9.17, 15) is 9.59 Å². The fraction of sp³-hybridized carbons (Fsp3) is 0.333. The van der Waals surface area contributed by atoms with Gasteiger partial charge in [-0.15, -0.1) is 11.3 Å². The number of aromatic nitrogens is 3. The summed E-state index contributed by atoms with van der Waals surface area (Å²) in [5.74, 6) is 0.331. The van der Waals surface area contributed by atoms with Gasteiger partial charge in [-0.1, -0.05) is 12.1 Å².